The van der Waals surface area contributed by atoms with Crippen molar-refractivity contribution < 1.29 is 14.6 Å². The van der Waals surface area contributed by atoms with Gasteiger partial charge in [0.2, 0.25) is 5.88 Å². The molecule has 4 heteroatoms. The molecule has 1 N–H and O–H groups in total. The maximum atomic E-state index is 10.5. The minimum atomic E-state index is -0.984. The molecule has 0 atom stereocenters. The Hall–Kier alpha value is -2.62. The third-order valence-electron chi connectivity index (χ3n) is 2.67. The van der Waals surface area contributed by atoms with Crippen LogP contribution in [0.15, 0.2) is 42.6 Å². The molecule has 20 heavy (non-hydrogen) atoms. The maximum Gasteiger partial charge on any atom is 0.328 e. The lowest BCUT2D eigenvalue weighted by Crippen LogP contribution is -1.93. The molecule has 2 aromatic rings. The number of rotatable bonds is 4. The van der Waals surface area contributed by atoms with Crippen LogP contribution in [0.4, 0.5) is 0 Å². The van der Waals surface area contributed by atoms with Crippen LogP contribution >= 0.6 is 0 Å². The van der Waals surface area contributed by atoms with Crippen molar-refractivity contribution >= 4 is 12.0 Å². The van der Waals surface area contributed by atoms with Gasteiger partial charge in [-0.1, -0.05) is 12.1 Å². The van der Waals surface area contributed by atoms with Gasteiger partial charge in [0.25, 0.3) is 0 Å². The van der Waals surface area contributed by atoms with Crippen molar-refractivity contribution in [2.24, 2.45) is 0 Å². The summed E-state index contributed by atoms with van der Waals surface area (Å²) >= 11 is 0. The van der Waals surface area contributed by atoms with Crippen LogP contribution in [0.5, 0.6) is 11.6 Å². The molecule has 0 aliphatic heterocycles. The number of hydrogen-bond acceptors (Lipinski definition) is 3. The zero-order valence-corrected chi connectivity index (χ0v) is 11.3. The van der Waals surface area contributed by atoms with Crippen LogP contribution in [-0.2, 0) is 4.79 Å². The lowest BCUT2D eigenvalue weighted by Gasteiger charge is -2.08. The molecule has 0 radical (unpaired) electrons. The maximum absolute atomic E-state index is 10.5. The van der Waals surface area contributed by atoms with E-state index in [-0.39, 0.29) is 0 Å². The zero-order chi connectivity index (χ0) is 14.5. The molecule has 0 aliphatic rings. The van der Waals surface area contributed by atoms with E-state index in [0.717, 1.165) is 28.5 Å². The predicted molar refractivity (Wildman–Crippen MR) is 76.9 cm³/mol. The lowest BCUT2D eigenvalue weighted by molar-refractivity contribution is -0.131. The minimum absolute atomic E-state index is 0.517. The second kappa shape index (κ2) is 6.02. The number of carboxylic acid groups (broad SMARTS) is 1. The number of hydrogen-bond donors (Lipinski definition) is 1. The average molecular weight is 269 g/mol. The number of aryl methyl sites for hydroxylation is 2. The van der Waals surface area contributed by atoms with E-state index in [9.17, 15) is 4.79 Å². The van der Waals surface area contributed by atoms with Gasteiger partial charge in [0.15, 0.2) is 0 Å². The molecule has 0 saturated carbocycles. The SMILES string of the molecule is Cc1cccc(Oc2ncc(/C=C/C(=O)O)cc2C)c1. The molecule has 4 nitrogen and oxygen atoms in total. The van der Waals surface area contributed by atoms with Crippen LogP contribution in [0.3, 0.4) is 0 Å². The van der Waals surface area contributed by atoms with E-state index in [2.05, 4.69) is 4.98 Å². The van der Waals surface area contributed by atoms with E-state index < -0.39 is 5.97 Å². The minimum Gasteiger partial charge on any atom is -0.478 e. The standard InChI is InChI=1S/C16H15NO3/c1-11-4-3-5-14(8-11)20-16-12(2)9-13(10-17-16)6-7-15(18)19/h3-10H,1-2H3,(H,18,19)/b7-6+. The fourth-order valence-corrected chi connectivity index (χ4v) is 1.74. The van der Waals surface area contributed by atoms with Crippen molar-refractivity contribution in [3.8, 4) is 11.6 Å². The number of aromatic nitrogens is 1. The summed E-state index contributed by atoms with van der Waals surface area (Å²) in [7, 11) is 0. The number of carbonyl (C=O) groups is 1. The highest BCUT2D eigenvalue weighted by molar-refractivity contribution is 5.85. The fourth-order valence-electron chi connectivity index (χ4n) is 1.74. The van der Waals surface area contributed by atoms with Crippen LogP contribution in [0.1, 0.15) is 16.7 Å². The van der Waals surface area contributed by atoms with Gasteiger partial charge in [0, 0.05) is 17.8 Å². The largest absolute Gasteiger partial charge is 0.478 e. The van der Waals surface area contributed by atoms with Gasteiger partial charge in [-0.05, 0) is 49.2 Å². The van der Waals surface area contributed by atoms with Gasteiger partial charge in [-0.3, -0.25) is 0 Å². The van der Waals surface area contributed by atoms with Crippen molar-refractivity contribution in [1.29, 1.82) is 0 Å². The first-order valence-electron chi connectivity index (χ1n) is 6.17. The summed E-state index contributed by atoms with van der Waals surface area (Å²) in [5.41, 5.74) is 2.68. The first-order chi connectivity index (χ1) is 9.54. The summed E-state index contributed by atoms with van der Waals surface area (Å²) in [6, 6.07) is 9.54. The second-order valence-corrected chi connectivity index (χ2v) is 4.48. The summed E-state index contributed by atoms with van der Waals surface area (Å²) in [6.45, 7) is 3.86. The van der Waals surface area contributed by atoms with Gasteiger partial charge in [0.1, 0.15) is 5.75 Å². The highest BCUT2D eigenvalue weighted by Crippen LogP contribution is 2.24. The Morgan fingerprint density at radius 2 is 2.10 bits per heavy atom. The van der Waals surface area contributed by atoms with Crippen LogP contribution in [0, 0.1) is 13.8 Å². The Balaban J connectivity index is 2.20. The summed E-state index contributed by atoms with van der Waals surface area (Å²) < 4.78 is 5.72. The van der Waals surface area contributed by atoms with Gasteiger partial charge < -0.3 is 9.84 Å². The summed E-state index contributed by atoms with van der Waals surface area (Å²) in [4.78, 5) is 14.7. The molecule has 1 heterocycles. The molecule has 102 valence electrons. The number of aliphatic carboxylic acids is 1. The third kappa shape index (κ3) is 3.68. The molecule has 1 aromatic heterocycles. The predicted octanol–water partition coefficient (Wildman–Crippen LogP) is 3.59. The average Bonchev–Trinajstić information content (AvgIpc) is 2.39. The van der Waals surface area contributed by atoms with E-state index in [1.807, 2.05) is 44.2 Å². The highest BCUT2D eigenvalue weighted by Gasteiger charge is 2.04. The number of carboxylic acids is 1. The van der Waals surface area contributed by atoms with Crippen LogP contribution < -0.4 is 4.74 Å². The van der Waals surface area contributed by atoms with Gasteiger partial charge >= 0.3 is 5.97 Å². The van der Waals surface area contributed by atoms with E-state index in [0.29, 0.717) is 5.88 Å². The molecular formula is C16H15NO3. The molecule has 0 spiro atoms. The van der Waals surface area contributed by atoms with Crippen molar-refractivity contribution in [3.05, 3.63) is 59.3 Å². The Bertz CT molecular complexity index is 663. The summed E-state index contributed by atoms with van der Waals surface area (Å²) in [5, 5.41) is 8.59. The van der Waals surface area contributed by atoms with Gasteiger partial charge in [-0.15, -0.1) is 0 Å². The highest BCUT2D eigenvalue weighted by atomic mass is 16.5. The number of benzene rings is 1. The van der Waals surface area contributed by atoms with E-state index >= 15 is 0 Å². The molecule has 0 bridgehead atoms. The van der Waals surface area contributed by atoms with Gasteiger partial charge in [-0.25, -0.2) is 9.78 Å². The summed E-state index contributed by atoms with van der Waals surface area (Å²) in [5.74, 6) is 0.264. The lowest BCUT2D eigenvalue weighted by atomic mass is 10.2. The quantitative estimate of drug-likeness (QED) is 0.862. The van der Waals surface area contributed by atoms with Crippen molar-refractivity contribution in [3.63, 3.8) is 0 Å². The van der Waals surface area contributed by atoms with Crippen molar-refractivity contribution in [1.82, 2.24) is 4.98 Å². The molecular weight excluding hydrogens is 254 g/mol. The first-order valence-corrected chi connectivity index (χ1v) is 6.17. The molecule has 0 aliphatic carbocycles. The zero-order valence-electron chi connectivity index (χ0n) is 11.3. The van der Waals surface area contributed by atoms with Crippen LogP contribution in [-0.4, -0.2) is 16.1 Å². The van der Waals surface area contributed by atoms with Crippen LogP contribution in [0.25, 0.3) is 6.08 Å². The Labute approximate surface area is 117 Å². The van der Waals surface area contributed by atoms with Crippen molar-refractivity contribution in [2.75, 3.05) is 0 Å². The Morgan fingerprint density at radius 3 is 2.75 bits per heavy atom. The Morgan fingerprint density at radius 1 is 1.30 bits per heavy atom. The van der Waals surface area contributed by atoms with Crippen molar-refractivity contribution in [2.45, 2.75) is 13.8 Å². The first kappa shape index (κ1) is 13.8. The van der Waals surface area contributed by atoms with Crippen LogP contribution in [0.2, 0.25) is 0 Å². The molecule has 2 rings (SSSR count). The van der Waals surface area contributed by atoms with E-state index in [1.165, 1.54) is 6.08 Å². The third-order valence-corrected chi connectivity index (χ3v) is 2.67. The van der Waals surface area contributed by atoms with Gasteiger partial charge in [0.05, 0.1) is 0 Å². The second-order valence-electron chi connectivity index (χ2n) is 4.48. The topological polar surface area (TPSA) is 59.4 Å². The molecule has 0 unspecified atom stereocenters. The number of pyridine rings is 1. The number of ether oxygens (including phenoxy) is 1. The van der Waals surface area contributed by atoms with E-state index in [4.69, 9.17) is 9.84 Å². The molecule has 0 amide bonds. The molecule has 0 fully saturated rings. The molecule has 1 aromatic carbocycles. The van der Waals surface area contributed by atoms with Gasteiger partial charge in [-0.2, -0.15) is 0 Å². The molecule has 0 saturated heterocycles. The Kier molecular flexibility index (Phi) is 4.15. The monoisotopic (exact) mass is 269 g/mol. The normalized spacial score (nSPS) is 10.7. The summed E-state index contributed by atoms with van der Waals surface area (Å²) in [6.07, 6.45) is 4.16. The smallest absolute Gasteiger partial charge is 0.328 e. The number of nitrogens with zero attached hydrogens (tertiary/aromatic N) is 1. The van der Waals surface area contributed by atoms with E-state index in [1.54, 1.807) is 6.20 Å². The fraction of sp³-hybridized carbons (Fsp3) is 0.125.